The van der Waals surface area contributed by atoms with Gasteiger partial charge >= 0.3 is 0 Å². The number of hydrogen-bond acceptors (Lipinski definition) is 4. The number of carbonyl (C=O) groups excluding carboxylic acids is 1. The Kier molecular flexibility index (Phi) is 6.70. The molecule has 2 rings (SSSR count). The van der Waals surface area contributed by atoms with Gasteiger partial charge in [0, 0.05) is 37.8 Å². The number of pyridine rings is 1. The predicted octanol–water partition coefficient (Wildman–Crippen LogP) is 2.67. The molecule has 0 bridgehead atoms. The average molecular weight is 329 g/mol. The summed E-state index contributed by atoms with van der Waals surface area (Å²) in [5.41, 5.74) is 2.51. The number of para-hydroxylation sites is 1. The van der Waals surface area contributed by atoms with Crippen molar-refractivity contribution in [3.8, 4) is 0 Å². The number of fused-ring (bicyclic) bond motifs is 1. The van der Waals surface area contributed by atoms with Crippen LogP contribution in [0.2, 0.25) is 0 Å². The van der Waals surface area contributed by atoms with Crippen molar-refractivity contribution in [2.45, 2.75) is 19.8 Å². The van der Waals surface area contributed by atoms with E-state index >= 15 is 0 Å². The minimum atomic E-state index is -0.0457. The maximum atomic E-state index is 12.6. The molecule has 0 spiro atoms. The van der Waals surface area contributed by atoms with Crippen molar-refractivity contribution >= 4 is 16.8 Å². The van der Waals surface area contributed by atoms with Crippen LogP contribution >= 0.6 is 0 Å². The summed E-state index contributed by atoms with van der Waals surface area (Å²) >= 11 is 0. The molecule has 1 heterocycles. The molecular weight excluding hydrogens is 302 g/mol. The Hall–Kier alpha value is -1.98. The van der Waals surface area contributed by atoms with Crippen LogP contribution in [0, 0.1) is 0 Å². The van der Waals surface area contributed by atoms with Crippen molar-refractivity contribution in [2.24, 2.45) is 0 Å². The summed E-state index contributed by atoms with van der Waals surface area (Å²) in [7, 11) is 3.71. The largest absolute Gasteiger partial charge is 0.383 e. The molecule has 0 aliphatic rings. The van der Waals surface area contributed by atoms with Crippen LogP contribution in [0.1, 0.15) is 35.8 Å². The van der Waals surface area contributed by atoms with Gasteiger partial charge in [-0.05, 0) is 25.1 Å². The monoisotopic (exact) mass is 329 g/mol. The van der Waals surface area contributed by atoms with Crippen molar-refractivity contribution in [3.63, 3.8) is 0 Å². The first-order valence-electron chi connectivity index (χ1n) is 8.38. The minimum absolute atomic E-state index is 0.0457. The lowest BCUT2D eigenvalue weighted by Gasteiger charge is -2.17. The molecule has 0 saturated heterocycles. The van der Waals surface area contributed by atoms with Gasteiger partial charge in [-0.2, -0.15) is 0 Å². The number of carbonyl (C=O) groups is 1. The lowest BCUT2D eigenvalue weighted by molar-refractivity contribution is 0.0949. The summed E-state index contributed by atoms with van der Waals surface area (Å²) in [5.74, 6) is 0.233. The van der Waals surface area contributed by atoms with Gasteiger partial charge in [-0.1, -0.05) is 32.0 Å². The van der Waals surface area contributed by atoms with E-state index in [9.17, 15) is 4.79 Å². The van der Waals surface area contributed by atoms with Crippen LogP contribution in [0.4, 0.5) is 0 Å². The van der Waals surface area contributed by atoms with Gasteiger partial charge in [0.1, 0.15) is 0 Å². The molecule has 5 heteroatoms. The quantitative estimate of drug-likeness (QED) is 0.809. The first-order chi connectivity index (χ1) is 11.5. The summed E-state index contributed by atoms with van der Waals surface area (Å²) in [6.07, 6.45) is 0. The molecule has 5 nitrogen and oxygen atoms in total. The number of likely N-dealkylation sites (N-methyl/N-ethyl adjacent to an activating group) is 1. The van der Waals surface area contributed by atoms with Gasteiger partial charge in [-0.25, -0.2) is 0 Å². The number of aromatic nitrogens is 1. The molecule has 24 heavy (non-hydrogen) atoms. The zero-order chi connectivity index (χ0) is 17.5. The Morgan fingerprint density at radius 2 is 2.04 bits per heavy atom. The average Bonchev–Trinajstić information content (AvgIpc) is 2.58. The second kappa shape index (κ2) is 8.76. The third-order valence-electron chi connectivity index (χ3n) is 4.03. The van der Waals surface area contributed by atoms with Crippen molar-refractivity contribution in [1.82, 2.24) is 15.2 Å². The molecular formula is C19H27N3O2. The highest BCUT2D eigenvalue weighted by Crippen LogP contribution is 2.22. The van der Waals surface area contributed by atoms with Crippen LogP contribution in [0.15, 0.2) is 30.3 Å². The van der Waals surface area contributed by atoms with E-state index in [-0.39, 0.29) is 11.8 Å². The summed E-state index contributed by atoms with van der Waals surface area (Å²) in [6.45, 7) is 7.11. The van der Waals surface area contributed by atoms with Gasteiger partial charge in [0.05, 0.1) is 17.7 Å². The number of ether oxygens (including phenoxy) is 1. The third-order valence-corrected chi connectivity index (χ3v) is 4.03. The second-order valence-electron chi connectivity index (χ2n) is 6.32. The number of amides is 1. The molecule has 0 radical (unpaired) electrons. The molecule has 0 saturated carbocycles. The molecule has 0 atom stereocenters. The standard InChI is InChI=1S/C19H27N3O2/c1-14(2)18-13-16(15-7-5-6-8-17(15)21-18)19(23)20-9-10-22(3)11-12-24-4/h5-8,13-14H,9-12H2,1-4H3,(H,20,23). The molecule has 1 aromatic carbocycles. The van der Waals surface area contributed by atoms with Crippen LogP contribution in [-0.2, 0) is 4.74 Å². The summed E-state index contributed by atoms with van der Waals surface area (Å²) in [4.78, 5) is 19.4. The van der Waals surface area contributed by atoms with E-state index in [0.29, 0.717) is 18.7 Å². The first kappa shape index (κ1) is 18.4. The third kappa shape index (κ3) is 4.76. The van der Waals surface area contributed by atoms with E-state index in [1.807, 2.05) is 37.4 Å². The smallest absolute Gasteiger partial charge is 0.252 e. The van der Waals surface area contributed by atoms with Crippen LogP contribution in [0.25, 0.3) is 10.9 Å². The number of benzene rings is 1. The highest BCUT2D eigenvalue weighted by molar-refractivity contribution is 6.06. The number of rotatable bonds is 8. The van der Waals surface area contributed by atoms with Crippen molar-refractivity contribution in [1.29, 1.82) is 0 Å². The van der Waals surface area contributed by atoms with Crippen molar-refractivity contribution in [2.75, 3.05) is 40.4 Å². The lowest BCUT2D eigenvalue weighted by atomic mass is 10.0. The van der Waals surface area contributed by atoms with Gasteiger partial charge in [0.2, 0.25) is 0 Å². The summed E-state index contributed by atoms with van der Waals surface area (Å²) in [5, 5.41) is 3.91. The van der Waals surface area contributed by atoms with Gasteiger partial charge in [0.25, 0.3) is 5.91 Å². The van der Waals surface area contributed by atoms with Crippen LogP contribution < -0.4 is 5.32 Å². The van der Waals surface area contributed by atoms with Crippen LogP contribution in [0.3, 0.4) is 0 Å². The molecule has 130 valence electrons. The van der Waals surface area contributed by atoms with Crippen molar-refractivity contribution in [3.05, 3.63) is 41.6 Å². The van der Waals surface area contributed by atoms with E-state index < -0.39 is 0 Å². The van der Waals surface area contributed by atoms with Gasteiger partial charge in [-0.3, -0.25) is 9.78 Å². The SMILES string of the molecule is COCCN(C)CCNC(=O)c1cc(C(C)C)nc2ccccc12. The van der Waals surface area contributed by atoms with E-state index in [0.717, 1.165) is 29.7 Å². The molecule has 2 aromatic rings. The Balaban J connectivity index is 2.11. The minimum Gasteiger partial charge on any atom is -0.383 e. The zero-order valence-corrected chi connectivity index (χ0v) is 15.0. The number of methoxy groups -OCH3 is 1. The molecule has 1 aromatic heterocycles. The maximum Gasteiger partial charge on any atom is 0.252 e. The van der Waals surface area contributed by atoms with E-state index in [4.69, 9.17) is 4.74 Å². The van der Waals surface area contributed by atoms with E-state index in [2.05, 4.69) is 29.0 Å². The number of hydrogen-bond donors (Lipinski definition) is 1. The normalized spacial score (nSPS) is 11.4. The molecule has 1 N–H and O–H groups in total. The molecule has 0 aliphatic carbocycles. The molecule has 0 unspecified atom stereocenters. The fourth-order valence-corrected chi connectivity index (χ4v) is 2.49. The zero-order valence-electron chi connectivity index (χ0n) is 15.0. The van der Waals surface area contributed by atoms with E-state index in [1.54, 1.807) is 7.11 Å². The van der Waals surface area contributed by atoms with Crippen molar-refractivity contribution < 1.29 is 9.53 Å². The number of nitrogens with zero attached hydrogens (tertiary/aromatic N) is 2. The van der Waals surface area contributed by atoms with Gasteiger partial charge < -0.3 is 15.0 Å². The second-order valence-corrected chi connectivity index (χ2v) is 6.32. The summed E-state index contributed by atoms with van der Waals surface area (Å²) < 4.78 is 5.06. The van der Waals surface area contributed by atoms with Crippen LogP contribution in [0.5, 0.6) is 0 Å². The first-order valence-corrected chi connectivity index (χ1v) is 8.38. The Morgan fingerprint density at radius 3 is 2.75 bits per heavy atom. The Bertz CT molecular complexity index is 685. The van der Waals surface area contributed by atoms with Gasteiger partial charge in [-0.15, -0.1) is 0 Å². The molecule has 0 aliphatic heterocycles. The highest BCUT2D eigenvalue weighted by atomic mass is 16.5. The Labute approximate surface area is 144 Å². The fourth-order valence-electron chi connectivity index (χ4n) is 2.49. The van der Waals surface area contributed by atoms with E-state index in [1.165, 1.54) is 0 Å². The lowest BCUT2D eigenvalue weighted by Crippen LogP contribution is -2.34. The summed E-state index contributed by atoms with van der Waals surface area (Å²) in [6, 6.07) is 9.71. The molecule has 0 fully saturated rings. The van der Waals surface area contributed by atoms with Crippen LogP contribution in [-0.4, -0.2) is 56.2 Å². The highest BCUT2D eigenvalue weighted by Gasteiger charge is 2.14. The topological polar surface area (TPSA) is 54.5 Å². The number of nitrogens with one attached hydrogen (secondary N) is 1. The predicted molar refractivity (Wildman–Crippen MR) is 97.5 cm³/mol. The Morgan fingerprint density at radius 1 is 1.29 bits per heavy atom. The molecule has 1 amide bonds. The fraction of sp³-hybridized carbons (Fsp3) is 0.474. The van der Waals surface area contributed by atoms with Gasteiger partial charge in [0.15, 0.2) is 0 Å². The maximum absolute atomic E-state index is 12.6.